The molecule has 0 amide bonds. The summed E-state index contributed by atoms with van der Waals surface area (Å²) in [5.74, 6) is -4.32. The van der Waals surface area contributed by atoms with Crippen LogP contribution >= 0.6 is 0 Å². The molecule has 1 fully saturated rings. The van der Waals surface area contributed by atoms with Crippen molar-refractivity contribution >= 4 is 17.7 Å². The van der Waals surface area contributed by atoms with Gasteiger partial charge in [0.1, 0.15) is 11.7 Å². The van der Waals surface area contributed by atoms with E-state index in [1.54, 1.807) is 38.1 Å². The molecule has 1 saturated carbocycles. The zero-order chi connectivity index (χ0) is 21.6. The van der Waals surface area contributed by atoms with Crippen molar-refractivity contribution < 1.29 is 33.7 Å². The summed E-state index contributed by atoms with van der Waals surface area (Å²) in [7, 11) is 0. The van der Waals surface area contributed by atoms with Crippen LogP contribution < -0.4 is 4.74 Å². The first-order valence-corrected chi connectivity index (χ1v) is 10.1. The zero-order valence-electron chi connectivity index (χ0n) is 17.5. The van der Waals surface area contributed by atoms with Crippen molar-refractivity contribution in [1.29, 1.82) is 0 Å². The largest absolute Gasteiger partial charge is 0.494 e. The third-order valence-electron chi connectivity index (χ3n) is 5.09. The minimum atomic E-state index is -1.64. The summed E-state index contributed by atoms with van der Waals surface area (Å²) in [6.07, 6.45) is 0.533. The van der Waals surface area contributed by atoms with Gasteiger partial charge in [0, 0.05) is 12.3 Å². The summed E-state index contributed by atoms with van der Waals surface area (Å²) in [6, 6.07) is 6.87. The second-order valence-electron chi connectivity index (χ2n) is 7.40. The van der Waals surface area contributed by atoms with Crippen molar-refractivity contribution in [3.63, 3.8) is 0 Å². The van der Waals surface area contributed by atoms with E-state index in [1.165, 1.54) is 6.92 Å². The number of benzene rings is 1. The van der Waals surface area contributed by atoms with E-state index >= 15 is 0 Å². The van der Waals surface area contributed by atoms with Gasteiger partial charge in [0.2, 0.25) is 0 Å². The predicted octanol–water partition coefficient (Wildman–Crippen LogP) is 2.64. The van der Waals surface area contributed by atoms with E-state index in [2.05, 4.69) is 0 Å². The van der Waals surface area contributed by atoms with Crippen molar-refractivity contribution in [2.75, 3.05) is 19.8 Å². The number of hydrogen-bond acceptors (Lipinski definition) is 7. The van der Waals surface area contributed by atoms with Crippen LogP contribution in [0.4, 0.5) is 0 Å². The van der Waals surface area contributed by atoms with Crippen molar-refractivity contribution in [2.45, 2.75) is 52.1 Å². The lowest BCUT2D eigenvalue weighted by atomic mass is 9.61. The van der Waals surface area contributed by atoms with Gasteiger partial charge in [0.15, 0.2) is 5.78 Å². The number of ketones is 1. The molecule has 0 radical (unpaired) electrons. The molecule has 1 aliphatic rings. The van der Waals surface area contributed by atoms with E-state index in [-0.39, 0.29) is 19.6 Å². The molecule has 7 nitrogen and oxygen atoms in total. The molecule has 1 aliphatic carbocycles. The minimum absolute atomic E-state index is 0.111. The number of rotatable bonds is 8. The highest BCUT2D eigenvalue weighted by Crippen LogP contribution is 2.47. The molecule has 1 aromatic carbocycles. The van der Waals surface area contributed by atoms with Crippen LogP contribution in [0.2, 0.25) is 0 Å². The molecule has 0 aliphatic heterocycles. The van der Waals surface area contributed by atoms with Crippen LogP contribution in [0, 0.1) is 11.8 Å². The highest BCUT2D eigenvalue weighted by atomic mass is 16.5. The normalized spacial score (nSPS) is 26.7. The molecule has 0 heterocycles. The Labute approximate surface area is 171 Å². The lowest BCUT2D eigenvalue weighted by molar-refractivity contribution is -0.172. The van der Waals surface area contributed by atoms with Gasteiger partial charge in [-0.1, -0.05) is 19.1 Å². The number of hydrogen-bond donors (Lipinski definition) is 1. The zero-order valence-corrected chi connectivity index (χ0v) is 17.5. The molecule has 1 N–H and O–H groups in total. The van der Waals surface area contributed by atoms with Crippen LogP contribution in [-0.2, 0) is 23.9 Å². The minimum Gasteiger partial charge on any atom is -0.494 e. The highest BCUT2D eigenvalue weighted by Gasteiger charge is 2.57. The molecule has 2 rings (SSSR count). The van der Waals surface area contributed by atoms with Crippen LogP contribution in [0.5, 0.6) is 5.75 Å². The summed E-state index contributed by atoms with van der Waals surface area (Å²) in [5, 5.41) is 10.9. The topological polar surface area (TPSA) is 99.1 Å². The Morgan fingerprint density at radius 2 is 1.66 bits per heavy atom. The highest BCUT2D eigenvalue weighted by molar-refractivity contribution is 6.02. The third-order valence-corrected chi connectivity index (χ3v) is 5.09. The van der Waals surface area contributed by atoms with E-state index in [9.17, 15) is 19.5 Å². The standard InChI is InChI=1S/C22H30O7/c1-5-12-29-15-10-8-14(9-11-15)17-18(20(24)27-6-2)16(23)13-22(4,26)19(17)21(25)28-7-3/h8-11,17-19,26H,5-7,12-13H2,1-4H3/t17-,18-,19-,22-/m1/s1. The van der Waals surface area contributed by atoms with Gasteiger partial charge in [-0.25, -0.2) is 0 Å². The number of carbonyl (C=O) groups excluding carboxylic acids is 3. The lowest BCUT2D eigenvalue weighted by Crippen LogP contribution is -2.55. The van der Waals surface area contributed by atoms with E-state index in [0.29, 0.717) is 17.9 Å². The van der Waals surface area contributed by atoms with Crippen molar-refractivity contribution in [3.8, 4) is 5.75 Å². The van der Waals surface area contributed by atoms with Crippen LogP contribution in [0.25, 0.3) is 0 Å². The maximum absolute atomic E-state index is 12.8. The van der Waals surface area contributed by atoms with Gasteiger partial charge < -0.3 is 19.3 Å². The Morgan fingerprint density at radius 3 is 2.21 bits per heavy atom. The van der Waals surface area contributed by atoms with E-state index in [4.69, 9.17) is 14.2 Å². The summed E-state index contributed by atoms with van der Waals surface area (Å²) < 4.78 is 15.9. The Morgan fingerprint density at radius 1 is 1.07 bits per heavy atom. The van der Waals surface area contributed by atoms with E-state index in [1.807, 2.05) is 6.92 Å². The van der Waals surface area contributed by atoms with Gasteiger partial charge in [-0.2, -0.15) is 0 Å². The molecule has 0 bridgehead atoms. The Balaban J connectivity index is 2.52. The Kier molecular flexibility index (Phi) is 7.79. The summed E-state index contributed by atoms with van der Waals surface area (Å²) in [6.45, 7) is 7.54. The first-order valence-electron chi connectivity index (χ1n) is 10.1. The number of aliphatic hydroxyl groups is 1. The van der Waals surface area contributed by atoms with Gasteiger partial charge in [0.25, 0.3) is 0 Å². The molecule has 0 aromatic heterocycles. The maximum atomic E-state index is 12.8. The van der Waals surface area contributed by atoms with Crippen LogP contribution in [0.1, 0.15) is 52.0 Å². The molecule has 0 spiro atoms. The molecule has 7 heteroatoms. The quantitative estimate of drug-likeness (QED) is 0.523. The number of Topliss-reactive ketones (excluding diaryl/α,β-unsaturated/α-hetero) is 1. The number of carbonyl (C=O) groups is 3. The Bertz CT molecular complexity index is 723. The van der Waals surface area contributed by atoms with E-state index < -0.39 is 41.1 Å². The molecular weight excluding hydrogens is 376 g/mol. The van der Waals surface area contributed by atoms with Gasteiger partial charge in [0.05, 0.1) is 31.3 Å². The first-order chi connectivity index (χ1) is 13.8. The molecule has 0 saturated heterocycles. The van der Waals surface area contributed by atoms with E-state index in [0.717, 1.165) is 6.42 Å². The van der Waals surface area contributed by atoms with Crippen molar-refractivity contribution in [1.82, 2.24) is 0 Å². The predicted molar refractivity (Wildman–Crippen MR) is 105 cm³/mol. The fourth-order valence-electron chi connectivity index (χ4n) is 3.89. The fourth-order valence-corrected chi connectivity index (χ4v) is 3.89. The third kappa shape index (κ3) is 5.15. The fraction of sp³-hybridized carbons (Fsp3) is 0.591. The number of esters is 2. The average molecular weight is 406 g/mol. The van der Waals surface area contributed by atoms with Crippen LogP contribution in [0.3, 0.4) is 0 Å². The molecule has 29 heavy (non-hydrogen) atoms. The van der Waals surface area contributed by atoms with Gasteiger partial charge in [-0.3, -0.25) is 14.4 Å². The number of ether oxygens (including phenoxy) is 3. The second kappa shape index (κ2) is 9.87. The van der Waals surface area contributed by atoms with Crippen LogP contribution in [0.15, 0.2) is 24.3 Å². The Hall–Kier alpha value is -2.41. The van der Waals surface area contributed by atoms with Gasteiger partial charge >= 0.3 is 11.9 Å². The van der Waals surface area contributed by atoms with Crippen LogP contribution in [-0.4, -0.2) is 48.3 Å². The lowest BCUT2D eigenvalue weighted by Gasteiger charge is -2.43. The summed E-state index contributed by atoms with van der Waals surface area (Å²) in [4.78, 5) is 38.2. The summed E-state index contributed by atoms with van der Waals surface area (Å²) >= 11 is 0. The molecule has 4 atom stereocenters. The smallest absolute Gasteiger partial charge is 0.317 e. The van der Waals surface area contributed by atoms with Gasteiger partial charge in [-0.15, -0.1) is 0 Å². The van der Waals surface area contributed by atoms with Crippen molar-refractivity contribution in [2.24, 2.45) is 11.8 Å². The maximum Gasteiger partial charge on any atom is 0.317 e. The second-order valence-corrected chi connectivity index (χ2v) is 7.40. The molecule has 160 valence electrons. The molecule has 0 unspecified atom stereocenters. The summed E-state index contributed by atoms with van der Waals surface area (Å²) in [5.41, 5.74) is -1.08. The molecule has 1 aromatic rings. The van der Waals surface area contributed by atoms with Crippen molar-refractivity contribution in [3.05, 3.63) is 29.8 Å². The van der Waals surface area contributed by atoms with Gasteiger partial charge in [-0.05, 0) is 44.9 Å². The SMILES string of the molecule is CCCOc1ccc([C@@H]2[C@H](C(=O)OCC)C(=O)C[C@@](C)(O)[C@H]2C(=O)OCC)cc1. The first kappa shape index (κ1) is 22.9. The average Bonchev–Trinajstić information content (AvgIpc) is 2.65. The monoisotopic (exact) mass is 406 g/mol. The molecular formula is C22H30O7.